The zero-order chi connectivity index (χ0) is 17.4. The fourth-order valence-corrected chi connectivity index (χ4v) is 3.21. The van der Waals surface area contributed by atoms with Crippen molar-refractivity contribution in [2.45, 2.75) is 52.1 Å². The molecule has 2 N–H and O–H groups in total. The quantitative estimate of drug-likeness (QED) is 0.607. The highest BCUT2D eigenvalue weighted by atomic mass is 16.7. The van der Waals surface area contributed by atoms with E-state index in [9.17, 15) is 5.11 Å². The van der Waals surface area contributed by atoms with E-state index in [2.05, 4.69) is 26.0 Å². The van der Waals surface area contributed by atoms with Crippen LogP contribution in [0.25, 0.3) is 0 Å². The van der Waals surface area contributed by atoms with Gasteiger partial charge < -0.3 is 24.4 Å². The van der Waals surface area contributed by atoms with Crippen molar-refractivity contribution < 1.29 is 24.4 Å². The second-order valence-corrected chi connectivity index (χ2v) is 6.34. The van der Waals surface area contributed by atoms with Crippen LogP contribution < -0.4 is 9.47 Å². The average molecular weight is 338 g/mol. The van der Waals surface area contributed by atoms with Gasteiger partial charge in [0.2, 0.25) is 6.79 Å². The minimum atomic E-state index is -0.531. The largest absolute Gasteiger partial charge is 0.454 e. The summed E-state index contributed by atoms with van der Waals surface area (Å²) < 4.78 is 16.3. The lowest BCUT2D eigenvalue weighted by molar-refractivity contribution is -0.00769. The third kappa shape index (κ3) is 5.10. The predicted octanol–water partition coefficient (Wildman–Crippen LogP) is 2.70. The maximum Gasteiger partial charge on any atom is 0.231 e. The maximum atomic E-state index is 10.5. The summed E-state index contributed by atoms with van der Waals surface area (Å²) in [5.41, 5.74) is 2.49. The monoisotopic (exact) mass is 338 g/mol. The normalized spacial score (nSPS) is 15.5. The highest BCUT2D eigenvalue weighted by Crippen LogP contribution is 2.36. The molecule has 2 atom stereocenters. The molecule has 0 bridgehead atoms. The minimum Gasteiger partial charge on any atom is -0.454 e. The van der Waals surface area contributed by atoms with Crippen LogP contribution in [0.3, 0.4) is 0 Å². The molecule has 0 spiro atoms. The van der Waals surface area contributed by atoms with E-state index in [4.69, 9.17) is 19.3 Å². The Bertz CT molecular complexity index is 503. The third-order valence-corrected chi connectivity index (χ3v) is 4.42. The molecule has 0 fully saturated rings. The van der Waals surface area contributed by atoms with E-state index < -0.39 is 6.10 Å². The molecule has 0 amide bonds. The molecule has 1 aromatic rings. The number of benzene rings is 1. The second kappa shape index (κ2) is 9.87. The van der Waals surface area contributed by atoms with Gasteiger partial charge in [0.1, 0.15) is 0 Å². The number of aliphatic hydroxyl groups excluding tert-OH is 2. The first-order chi connectivity index (χ1) is 11.7. The molecule has 136 valence electrons. The zero-order valence-electron chi connectivity index (χ0n) is 14.8. The second-order valence-electron chi connectivity index (χ2n) is 6.34. The summed E-state index contributed by atoms with van der Waals surface area (Å²) in [7, 11) is 0. The van der Waals surface area contributed by atoms with Crippen molar-refractivity contribution in [2.24, 2.45) is 5.92 Å². The van der Waals surface area contributed by atoms with E-state index in [1.165, 1.54) is 11.1 Å². The molecule has 1 aromatic carbocycles. The van der Waals surface area contributed by atoms with Crippen LogP contribution in [0.1, 0.15) is 44.2 Å². The van der Waals surface area contributed by atoms with Gasteiger partial charge in [-0.1, -0.05) is 26.7 Å². The molecule has 1 heterocycles. The molecule has 2 rings (SSSR count). The minimum absolute atomic E-state index is 0.0199. The zero-order valence-corrected chi connectivity index (χ0v) is 14.8. The van der Waals surface area contributed by atoms with Crippen LogP contribution in [0.4, 0.5) is 0 Å². The Morgan fingerprint density at radius 3 is 2.46 bits per heavy atom. The fourth-order valence-electron chi connectivity index (χ4n) is 3.21. The summed E-state index contributed by atoms with van der Waals surface area (Å²) in [5, 5.41) is 19.3. The SMILES string of the molecule is CCCc1cc2c(cc1CC(CCC)C(O)COCCO)OCO2. The number of aryl methyl sites for hydroxylation is 1. The number of fused-ring (bicyclic) bond motifs is 1. The van der Waals surface area contributed by atoms with Gasteiger partial charge in [0.15, 0.2) is 11.5 Å². The summed E-state index contributed by atoms with van der Waals surface area (Å²) >= 11 is 0. The van der Waals surface area contributed by atoms with Gasteiger partial charge in [0, 0.05) is 0 Å². The Hall–Kier alpha value is -1.30. The van der Waals surface area contributed by atoms with Crippen LogP contribution in [-0.4, -0.2) is 42.9 Å². The molecule has 0 aromatic heterocycles. The van der Waals surface area contributed by atoms with E-state index in [0.717, 1.165) is 43.6 Å². The van der Waals surface area contributed by atoms with Crippen molar-refractivity contribution in [3.63, 3.8) is 0 Å². The molecule has 1 aliphatic heterocycles. The van der Waals surface area contributed by atoms with Gasteiger partial charge in [-0.25, -0.2) is 0 Å². The van der Waals surface area contributed by atoms with Gasteiger partial charge >= 0.3 is 0 Å². The molecule has 0 saturated heterocycles. The molecule has 0 radical (unpaired) electrons. The van der Waals surface area contributed by atoms with Crippen molar-refractivity contribution in [1.82, 2.24) is 0 Å². The number of aliphatic hydroxyl groups is 2. The van der Waals surface area contributed by atoms with Crippen molar-refractivity contribution in [3.05, 3.63) is 23.3 Å². The Morgan fingerprint density at radius 1 is 1.12 bits per heavy atom. The summed E-state index contributed by atoms with van der Waals surface area (Å²) in [6.45, 7) is 5.07. The van der Waals surface area contributed by atoms with Gasteiger partial charge in [0.25, 0.3) is 0 Å². The first-order valence-electron chi connectivity index (χ1n) is 8.97. The number of hydrogen-bond donors (Lipinski definition) is 2. The molecule has 5 nitrogen and oxygen atoms in total. The number of ether oxygens (including phenoxy) is 3. The fraction of sp³-hybridized carbons (Fsp3) is 0.684. The van der Waals surface area contributed by atoms with E-state index in [-0.39, 0.29) is 32.5 Å². The number of hydrogen-bond acceptors (Lipinski definition) is 5. The van der Waals surface area contributed by atoms with Crippen LogP contribution in [0.5, 0.6) is 11.5 Å². The Balaban J connectivity index is 2.12. The molecule has 1 aliphatic rings. The molecular formula is C19H30O5. The topological polar surface area (TPSA) is 68.2 Å². The standard InChI is InChI=1S/C19H30O5/c1-3-5-14-10-18-19(24-13-23-18)11-16(14)9-15(6-4-2)17(21)12-22-8-7-20/h10-11,15,17,20-21H,3-9,12-13H2,1-2H3. The predicted molar refractivity (Wildman–Crippen MR) is 92.6 cm³/mol. The summed E-state index contributed by atoms with van der Waals surface area (Å²) in [5.74, 6) is 1.75. The van der Waals surface area contributed by atoms with Crippen molar-refractivity contribution in [1.29, 1.82) is 0 Å². The molecule has 0 saturated carbocycles. The van der Waals surface area contributed by atoms with Crippen LogP contribution >= 0.6 is 0 Å². The van der Waals surface area contributed by atoms with Crippen molar-refractivity contribution in [2.75, 3.05) is 26.6 Å². The van der Waals surface area contributed by atoms with Gasteiger partial charge in [-0.05, 0) is 48.4 Å². The Kier molecular flexibility index (Phi) is 7.82. The maximum absolute atomic E-state index is 10.5. The van der Waals surface area contributed by atoms with Crippen LogP contribution in [0.2, 0.25) is 0 Å². The number of rotatable bonds is 11. The Labute approximate surface area is 144 Å². The molecular weight excluding hydrogens is 308 g/mol. The highest BCUT2D eigenvalue weighted by Gasteiger charge is 2.23. The van der Waals surface area contributed by atoms with E-state index >= 15 is 0 Å². The molecule has 0 aliphatic carbocycles. The van der Waals surface area contributed by atoms with Crippen LogP contribution in [0, 0.1) is 5.92 Å². The summed E-state index contributed by atoms with van der Waals surface area (Å²) in [6.07, 6.45) is 4.26. The Morgan fingerprint density at radius 2 is 1.83 bits per heavy atom. The lowest BCUT2D eigenvalue weighted by atomic mass is 9.87. The van der Waals surface area contributed by atoms with Gasteiger partial charge in [-0.2, -0.15) is 0 Å². The smallest absolute Gasteiger partial charge is 0.231 e. The highest BCUT2D eigenvalue weighted by molar-refractivity contribution is 5.49. The van der Waals surface area contributed by atoms with E-state index in [1.807, 2.05) is 0 Å². The third-order valence-electron chi connectivity index (χ3n) is 4.42. The molecule has 2 unspecified atom stereocenters. The lowest BCUT2D eigenvalue weighted by Crippen LogP contribution is -2.28. The summed E-state index contributed by atoms with van der Waals surface area (Å²) in [6, 6.07) is 4.15. The van der Waals surface area contributed by atoms with Crippen LogP contribution in [-0.2, 0) is 17.6 Å². The summed E-state index contributed by atoms with van der Waals surface area (Å²) in [4.78, 5) is 0. The van der Waals surface area contributed by atoms with E-state index in [1.54, 1.807) is 0 Å². The first kappa shape index (κ1) is 19.0. The van der Waals surface area contributed by atoms with E-state index in [0.29, 0.717) is 0 Å². The molecule has 24 heavy (non-hydrogen) atoms. The van der Waals surface area contributed by atoms with Crippen LogP contribution in [0.15, 0.2) is 12.1 Å². The van der Waals surface area contributed by atoms with Gasteiger partial charge in [-0.3, -0.25) is 0 Å². The first-order valence-corrected chi connectivity index (χ1v) is 8.97. The lowest BCUT2D eigenvalue weighted by Gasteiger charge is -2.24. The van der Waals surface area contributed by atoms with Gasteiger partial charge in [-0.15, -0.1) is 0 Å². The van der Waals surface area contributed by atoms with Gasteiger partial charge in [0.05, 0.1) is 25.9 Å². The average Bonchev–Trinajstić information content (AvgIpc) is 3.02. The van der Waals surface area contributed by atoms with Crippen molar-refractivity contribution in [3.8, 4) is 11.5 Å². The van der Waals surface area contributed by atoms with Crippen molar-refractivity contribution >= 4 is 0 Å². The molecule has 5 heteroatoms.